The monoisotopic (exact) mass is 343 g/mol. The highest BCUT2D eigenvalue weighted by molar-refractivity contribution is 5.74. The van der Waals surface area contributed by atoms with Crippen LogP contribution < -0.4 is 5.32 Å². The predicted octanol–water partition coefficient (Wildman–Crippen LogP) is 3.22. The zero-order chi connectivity index (χ0) is 17.6. The van der Waals surface area contributed by atoms with Gasteiger partial charge in [-0.1, -0.05) is 29.4 Å². The molecule has 6 heteroatoms. The fraction of sp³-hybridized carbons (Fsp3) is 0.474. The molecule has 2 amide bonds. The number of carbonyl (C=O) groups excluding carboxylic acids is 1. The molecule has 1 aromatic carbocycles. The van der Waals surface area contributed by atoms with Gasteiger partial charge >= 0.3 is 6.03 Å². The maximum atomic E-state index is 12.6. The molecule has 1 aliphatic carbocycles. The van der Waals surface area contributed by atoms with Gasteiger partial charge in [-0.3, -0.25) is 0 Å². The minimum absolute atomic E-state index is 0.128. The molecule has 6 nitrogen and oxygen atoms in total. The smallest absolute Gasteiger partial charge is 0.318 e. The van der Waals surface area contributed by atoms with Crippen molar-refractivity contribution in [1.29, 1.82) is 0 Å². The molecule has 1 N–H and O–H groups in total. The van der Waals surface area contributed by atoms with Gasteiger partial charge in [0.25, 0.3) is 0 Å². The summed E-state index contributed by atoms with van der Waals surface area (Å²) in [4.78, 5) is 14.3. The first kappa shape index (κ1) is 17.5. The van der Waals surface area contributed by atoms with Gasteiger partial charge in [-0.05, 0) is 30.9 Å². The first-order valence-corrected chi connectivity index (χ1v) is 8.69. The minimum atomic E-state index is -0.128. The number of urea groups is 1. The topological polar surface area (TPSA) is 67.6 Å². The maximum Gasteiger partial charge on any atom is 0.318 e. The Morgan fingerprint density at radius 2 is 2.20 bits per heavy atom. The molecule has 1 aliphatic rings. The van der Waals surface area contributed by atoms with Gasteiger partial charge < -0.3 is 19.5 Å². The van der Waals surface area contributed by atoms with Crippen molar-refractivity contribution in [2.24, 2.45) is 0 Å². The van der Waals surface area contributed by atoms with Crippen LogP contribution in [0, 0.1) is 6.92 Å². The number of hydrogen-bond donors (Lipinski definition) is 1. The van der Waals surface area contributed by atoms with Crippen LogP contribution in [-0.2, 0) is 17.8 Å². The summed E-state index contributed by atoms with van der Waals surface area (Å²) in [6.45, 7) is 3.99. The molecule has 134 valence electrons. The average Bonchev–Trinajstić information content (AvgIpc) is 3.36. The highest BCUT2D eigenvalue weighted by Gasteiger charge is 2.27. The molecule has 1 fully saturated rings. The SMILES string of the molecule is COCCN(Cc1ccccc1C)C(=O)NCc1cc(C2CC2)on1. The zero-order valence-electron chi connectivity index (χ0n) is 14.8. The van der Waals surface area contributed by atoms with Crippen LogP contribution in [0.15, 0.2) is 34.9 Å². The Hall–Kier alpha value is -2.34. The van der Waals surface area contributed by atoms with Gasteiger partial charge in [0.05, 0.1) is 13.2 Å². The highest BCUT2D eigenvalue weighted by atomic mass is 16.5. The molecular weight excluding hydrogens is 318 g/mol. The first-order valence-electron chi connectivity index (χ1n) is 8.69. The van der Waals surface area contributed by atoms with Crippen molar-refractivity contribution in [1.82, 2.24) is 15.4 Å². The number of benzene rings is 1. The molecule has 0 spiro atoms. The van der Waals surface area contributed by atoms with Crippen molar-refractivity contribution in [3.63, 3.8) is 0 Å². The van der Waals surface area contributed by atoms with Gasteiger partial charge in [-0.25, -0.2) is 4.79 Å². The molecule has 3 rings (SSSR count). The first-order chi connectivity index (χ1) is 12.2. The Labute approximate surface area is 148 Å². The second-order valence-electron chi connectivity index (χ2n) is 6.49. The van der Waals surface area contributed by atoms with E-state index >= 15 is 0 Å². The van der Waals surface area contributed by atoms with Crippen LogP contribution in [0.5, 0.6) is 0 Å². The van der Waals surface area contributed by atoms with Crippen LogP contribution in [0.4, 0.5) is 4.79 Å². The lowest BCUT2D eigenvalue weighted by Crippen LogP contribution is -2.41. The van der Waals surface area contributed by atoms with Crippen LogP contribution in [0.25, 0.3) is 0 Å². The summed E-state index contributed by atoms with van der Waals surface area (Å²) >= 11 is 0. The Morgan fingerprint density at radius 1 is 1.40 bits per heavy atom. The summed E-state index contributed by atoms with van der Waals surface area (Å²) in [5.41, 5.74) is 3.06. The summed E-state index contributed by atoms with van der Waals surface area (Å²) in [5, 5.41) is 6.97. The lowest BCUT2D eigenvalue weighted by molar-refractivity contribution is 0.146. The van der Waals surface area contributed by atoms with Gasteiger partial charge in [0.15, 0.2) is 0 Å². The average molecular weight is 343 g/mol. The number of carbonyl (C=O) groups is 1. The van der Waals surface area contributed by atoms with E-state index in [1.165, 1.54) is 18.4 Å². The zero-order valence-corrected chi connectivity index (χ0v) is 14.8. The Morgan fingerprint density at radius 3 is 2.92 bits per heavy atom. The molecule has 0 unspecified atom stereocenters. The van der Waals surface area contributed by atoms with E-state index in [1.807, 2.05) is 24.3 Å². The van der Waals surface area contributed by atoms with Gasteiger partial charge in [0, 0.05) is 32.2 Å². The molecule has 1 saturated carbocycles. The van der Waals surface area contributed by atoms with Gasteiger partial charge in [-0.2, -0.15) is 0 Å². The molecule has 0 aliphatic heterocycles. The van der Waals surface area contributed by atoms with Crippen molar-refractivity contribution >= 4 is 6.03 Å². The summed E-state index contributed by atoms with van der Waals surface area (Å²) < 4.78 is 10.5. The van der Waals surface area contributed by atoms with Crippen LogP contribution in [-0.4, -0.2) is 36.3 Å². The summed E-state index contributed by atoms with van der Waals surface area (Å²) in [6.07, 6.45) is 2.34. The third-order valence-electron chi connectivity index (χ3n) is 4.45. The molecule has 0 bridgehead atoms. The molecule has 0 saturated heterocycles. The molecule has 0 atom stereocenters. The van der Waals surface area contributed by atoms with E-state index in [0.717, 1.165) is 17.0 Å². The highest BCUT2D eigenvalue weighted by Crippen LogP contribution is 2.40. The van der Waals surface area contributed by atoms with Crippen molar-refractivity contribution in [3.05, 3.63) is 52.9 Å². The summed E-state index contributed by atoms with van der Waals surface area (Å²) in [6, 6.07) is 9.90. The normalized spacial score (nSPS) is 13.7. The van der Waals surface area contributed by atoms with E-state index in [9.17, 15) is 4.79 Å². The van der Waals surface area contributed by atoms with Crippen LogP contribution in [0.3, 0.4) is 0 Å². The number of hydrogen-bond acceptors (Lipinski definition) is 4. The second kappa shape index (κ2) is 8.16. The Kier molecular flexibility index (Phi) is 5.71. The van der Waals surface area contributed by atoms with E-state index in [0.29, 0.717) is 32.2 Å². The van der Waals surface area contributed by atoms with E-state index < -0.39 is 0 Å². The van der Waals surface area contributed by atoms with Gasteiger partial charge in [0.2, 0.25) is 0 Å². The van der Waals surface area contributed by atoms with Crippen molar-refractivity contribution in [2.45, 2.75) is 38.8 Å². The predicted molar refractivity (Wildman–Crippen MR) is 94.2 cm³/mol. The fourth-order valence-corrected chi connectivity index (χ4v) is 2.70. The van der Waals surface area contributed by atoms with E-state index in [1.54, 1.807) is 12.0 Å². The third kappa shape index (κ3) is 4.82. The Balaban J connectivity index is 1.58. The number of aryl methyl sites for hydroxylation is 1. The largest absolute Gasteiger partial charge is 0.383 e. The molecule has 0 radical (unpaired) electrons. The minimum Gasteiger partial charge on any atom is -0.383 e. The number of nitrogens with zero attached hydrogens (tertiary/aromatic N) is 2. The third-order valence-corrected chi connectivity index (χ3v) is 4.45. The lowest BCUT2D eigenvalue weighted by Gasteiger charge is -2.23. The lowest BCUT2D eigenvalue weighted by atomic mass is 10.1. The quantitative estimate of drug-likeness (QED) is 0.799. The standard InChI is InChI=1S/C19H25N3O3/c1-14-5-3-4-6-16(14)13-22(9-10-24-2)19(23)20-12-17-11-18(25-21-17)15-7-8-15/h3-6,11,15H,7-10,12-13H2,1-2H3,(H,20,23). The van der Waals surface area contributed by atoms with Crippen molar-refractivity contribution in [3.8, 4) is 0 Å². The summed E-state index contributed by atoms with van der Waals surface area (Å²) in [5.74, 6) is 1.46. The number of methoxy groups -OCH3 is 1. The maximum absolute atomic E-state index is 12.6. The number of rotatable bonds is 8. The van der Waals surface area contributed by atoms with Gasteiger partial charge in [0.1, 0.15) is 11.5 Å². The second-order valence-corrected chi connectivity index (χ2v) is 6.49. The van der Waals surface area contributed by atoms with Crippen LogP contribution in [0.2, 0.25) is 0 Å². The number of ether oxygens (including phenoxy) is 1. The van der Waals surface area contributed by atoms with E-state index in [-0.39, 0.29) is 6.03 Å². The van der Waals surface area contributed by atoms with E-state index in [2.05, 4.69) is 23.5 Å². The molecule has 1 aromatic heterocycles. The molecule has 25 heavy (non-hydrogen) atoms. The summed E-state index contributed by atoms with van der Waals surface area (Å²) in [7, 11) is 1.64. The van der Waals surface area contributed by atoms with E-state index in [4.69, 9.17) is 9.26 Å². The van der Waals surface area contributed by atoms with Gasteiger partial charge in [-0.15, -0.1) is 0 Å². The molecule has 1 heterocycles. The van der Waals surface area contributed by atoms with Crippen LogP contribution >= 0.6 is 0 Å². The van der Waals surface area contributed by atoms with Crippen molar-refractivity contribution in [2.75, 3.05) is 20.3 Å². The fourth-order valence-electron chi connectivity index (χ4n) is 2.70. The Bertz CT molecular complexity index is 709. The number of amides is 2. The number of nitrogens with one attached hydrogen (secondary N) is 1. The van der Waals surface area contributed by atoms with Crippen LogP contribution in [0.1, 0.15) is 41.3 Å². The molecule has 2 aromatic rings. The van der Waals surface area contributed by atoms with Crippen molar-refractivity contribution < 1.29 is 14.1 Å². The number of aromatic nitrogens is 1. The molecular formula is C19H25N3O3.